The van der Waals surface area contributed by atoms with E-state index in [4.69, 9.17) is 4.99 Å². The van der Waals surface area contributed by atoms with E-state index in [-0.39, 0.29) is 47.3 Å². The maximum atomic E-state index is 11.7. The number of rotatable bonds is 4. The predicted molar refractivity (Wildman–Crippen MR) is 119 cm³/mol. The van der Waals surface area contributed by atoms with Crippen molar-refractivity contribution in [1.29, 1.82) is 0 Å². The van der Waals surface area contributed by atoms with E-state index in [0.717, 1.165) is 19.0 Å². The normalized spacial score (nSPS) is 22.4. The Kier molecular flexibility index (Phi) is 8.35. The van der Waals surface area contributed by atoms with Gasteiger partial charge in [0.05, 0.1) is 18.1 Å². The Hall–Kier alpha value is -0.880. The van der Waals surface area contributed by atoms with Crippen LogP contribution in [0, 0.1) is 5.92 Å². The molecule has 1 unspecified atom stereocenters. The number of piperazine rings is 1. The Bertz CT molecular complexity index is 744. The average Bonchev–Trinajstić information content (AvgIpc) is 3.24. The van der Waals surface area contributed by atoms with Crippen LogP contribution in [-0.2, 0) is 21.2 Å². The molecule has 2 aliphatic rings. The van der Waals surface area contributed by atoms with Gasteiger partial charge >= 0.3 is 0 Å². The summed E-state index contributed by atoms with van der Waals surface area (Å²) >= 11 is 1.67. The summed E-state index contributed by atoms with van der Waals surface area (Å²) < 4.78 is 23.3. The number of nitrogens with zero attached hydrogens (tertiary/aromatic N) is 3. The fraction of sp³-hybridized carbons (Fsp3) is 0.647. The van der Waals surface area contributed by atoms with Crippen LogP contribution in [-0.4, -0.2) is 74.3 Å². The molecule has 10 heteroatoms. The lowest BCUT2D eigenvalue weighted by atomic mass is 10.1. The van der Waals surface area contributed by atoms with Crippen molar-refractivity contribution in [2.45, 2.75) is 19.9 Å². The number of carbonyl (C=O) groups is 1. The van der Waals surface area contributed by atoms with Crippen molar-refractivity contribution in [3.8, 4) is 0 Å². The van der Waals surface area contributed by atoms with Crippen LogP contribution in [0.25, 0.3) is 0 Å². The van der Waals surface area contributed by atoms with Gasteiger partial charge in [-0.15, -0.1) is 35.3 Å². The molecule has 0 radical (unpaired) electrons. The third-order valence-corrected chi connectivity index (χ3v) is 7.56. The van der Waals surface area contributed by atoms with E-state index >= 15 is 0 Å². The monoisotopic (exact) mass is 526 g/mol. The third kappa shape index (κ3) is 6.60. The summed E-state index contributed by atoms with van der Waals surface area (Å²) in [5.74, 6) is 1.61. The molecule has 3 heterocycles. The first-order valence-corrected chi connectivity index (χ1v) is 11.6. The van der Waals surface area contributed by atoms with E-state index in [1.54, 1.807) is 18.3 Å². The number of amides is 1. The molecule has 152 valence electrons. The Balaban J connectivity index is 0.00000261. The van der Waals surface area contributed by atoms with Gasteiger partial charge in [0.1, 0.15) is 0 Å². The largest absolute Gasteiger partial charge is 0.356 e. The predicted octanol–water partition coefficient (Wildman–Crippen LogP) is 1.41. The van der Waals surface area contributed by atoms with Crippen LogP contribution < -0.4 is 5.32 Å². The Labute approximate surface area is 182 Å². The summed E-state index contributed by atoms with van der Waals surface area (Å²) in [6.07, 6.45) is 0.714. The van der Waals surface area contributed by atoms with Crippen molar-refractivity contribution in [1.82, 2.24) is 15.1 Å². The molecule has 2 aliphatic heterocycles. The Morgan fingerprint density at radius 2 is 2.00 bits per heavy atom. The van der Waals surface area contributed by atoms with Gasteiger partial charge < -0.3 is 15.1 Å². The second kappa shape index (κ2) is 10.1. The number of halogens is 1. The fourth-order valence-corrected chi connectivity index (χ4v) is 5.81. The number of sulfone groups is 1. The topological polar surface area (TPSA) is 82.1 Å². The maximum Gasteiger partial charge on any atom is 0.219 e. The minimum Gasteiger partial charge on any atom is -0.356 e. The summed E-state index contributed by atoms with van der Waals surface area (Å²) in [6.45, 7) is 5.67. The molecular formula is C17H27IN4O3S2. The summed E-state index contributed by atoms with van der Waals surface area (Å²) in [7, 11) is -2.87. The zero-order valence-electron chi connectivity index (χ0n) is 15.5. The van der Waals surface area contributed by atoms with Crippen LogP contribution in [0.5, 0.6) is 0 Å². The summed E-state index contributed by atoms with van der Waals surface area (Å²) in [5.41, 5.74) is 0. The van der Waals surface area contributed by atoms with Crippen molar-refractivity contribution >= 4 is 57.0 Å². The van der Waals surface area contributed by atoms with Crippen LogP contribution in [0.1, 0.15) is 18.2 Å². The van der Waals surface area contributed by atoms with Crippen LogP contribution >= 0.6 is 35.3 Å². The summed E-state index contributed by atoms with van der Waals surface area (Å²) in [6, 6.07) is 4.07. The average molecular weight is 526 g/mol. The van der Waals surface area contributed by atoms with Gasteiger partial charge in [-0.2, -0.15) is 0 Å². The number of carbonyl (C=O) groups excluding carboxylic acids is 1. The van der Waals surface area contributed by atoms with Crippen LogP contribution in [0.2, 0.25) is 0 Å². The van der Waals surface area contributed by atoms with E-state index in [1.165, 1.54) is 4.88 Å². The molecular weight excluding hydrogens is 499 g/mol. The van der Waals surface area contributed by atoms with Crippen molar-refractivity contribution in [3.05, 3.63) is 22.4 Å². The maximum absolute atomic E-state index is 11.7. The molecule has 3 rings (SSSR count). The highest BCUT2D eigenvalue weighted by Crippen LogP contribution is 2.17. The molecule has 1 N–H and O–H groups in total. The zero-order valence-corrected chi connectivity index (χ0v) is 19.4. The van der Waals surface area contributed by atoms with Crippen LogP contribution in [0.3, 0.4) is 0 Å². The van der Waals surface area contributed by atoms with Crippen LogP contribution in [0.15, 0.2) is 22.5 Å². The molecule has 1 aromatic rings. The van der Waals surface area contributed by atoms with E-state index in [1.807, 2.05) is 16.3 Å². The molecule has 1 amide bonds. The highest BCUT2D eigenvalue weighted by Gasteiger charge is 2.28. The van der Waals surface area contributed by atoms with E-state index < -0.39 is 9.84 Å². The van der Waals surface area contributed by atoms with E-state index in [2.05, 4.69) is 16.3 Å². The standard InChI is InChI=1S/C17H26N4O3S2.HI/c1-14(22)20-5-7-21(8-6-20)17(19-12-16-3-2-9-25-16)18-11-15-4-10-26(23,24)13-15;/h2-3,9,15H,4-8,10-13H2,1H3,(H,18,19);1H. The quantitative estimate of drug-likeness (QED) is 0.365. The van der Waals surface area contributed by atoms with Gasteiger partial charge in [0.15, 0.2) is 15.8 Å². The Morgan fingerprint density at radius 3 is 2.56 bits per heavy atom. The lowest BCUT2D eigenvalue weighted by Gasteiger charge is -2.36. The molecule has 2 fully saturated rings. The molecule has 0 bridgehead atoms. The number of hydrogen-bond acceptors (Lipinski definition) is 5. The minimum atomic E-state index is -2.87. The van der Waals surface area contributed by atoms with Crippen molar-refractivity contribution in [2.24, 2.45) is 10.9 Å². The lowest BCUT2D eigenvalue weighted by Crippen LogP contribution is -2.54. The first kappa shape index (κ1) is 22.4. The number of thiophene rings is 1. The third-order valence-electron chi connectivity index (χ3n) is 4.86. The highest BCUT2D eigenvalue weighted by molar-refractivity contribution is 14.0. The molecule has 0 aromatic carbocycles. The number of hydrogen-bond donors (Lipinski definition) is 1. The second-order valence-electron chi connectivity index (χ2n) is 6.86. The molecule has 1 aromatic heterocycles. The molecule has 0 saturated carbocycles. The van der Waals surface area contributed by atoms with E-state index in [9.17, 15) is 13.2 Å². The number of nitrogens with one attached hydrogen (secondary N) is 1. The van der Waals surface area contributed by atoms with Gasteiger partial charge in [-0.3, -0.25) is 4.79 Å². The Morgan fingerprint density at radius 1 is 1.30 bits per heavy atom. The van der Waals surface area contributed by atoms with Crippen LogP contribution in [0.4, 0.5) is 0 Å². The smallest absolute Gasteiger partial charge is 0.219 e. The molecule has 7 nitrogen and oxygen atoms in total. The van der Waals surface area contributed by atoms with Gasteiger partial charge in [0, 0.05) is 44.5 Å². The van der Waals surface area contributed by atoms with Gasteiger partial charge in [-0.05, 0) is 23.8 Å². The SMILES string of the molecule is CC(=O)N1CCN(C(=NCc2cccs2)NCC2CCS(=O)(=O)C2)CC1.I. The highest BCUT2D eigenvalue weighted by atomic mass is 127. The van der Waals surface area contributed by atoms with Crippen molar-refractivity contribution in [2.75, 3.05) is 44.2 Å². The minimum absolute atomic E-state index is 0. The van der Waals surface area contributed by atoms with Crippen molar-refractivity contribution < 1.29 is 13.2 Å². The number of guanidine groups is 1. The molecule has 1 atom stereocenters. The first-order valence-electron chi connectivity index (χ1n) is 8.94. The molecule has 0 aliphatic carbocycles. The molecule has 27 heavy (non-hydrogen) atoms. The van der Waals surface area contributed by atoms with Crippen molar-refractivity contribution in [3.63, 3.8) is 0 Å². The van der Waals surface area contributed by atoms with Gasteiger partial charge in [-0.25, -0.2) is 13.4 Å². The van der Waals surface area contributed by atoms with E-state index in [0.29, 0.717) is 32.6 Å². The molecule has 2 saturated heterocycles. The van der Waals surface area contributed by atoms with Gasteiger partial charge in [0.2, 0.25) is 5.91 Å². The second-order valence-corrected chi connectivity index (χ2v) is 10.1. The zero-order chi connectivity index (χ0) is 18.6. The molecule has 0 spiro atoms. The van der Waals surface area contributed by atoms with Gasteiger partial charge in [0.25, 0.3) is 0 Å². The van der Waals surface area contributed by atoms with Gasteiger partial charge in [-0.1, -0.05) is 6.07 Å². The summed E-state index contributed by atoms with van der Waals surface area (Å²) in [4.78, 5) is 21.5. The first-order chi connectivity index (χ1) is 12.4. The lowest BCUT2D eigenvalue weighted by molar-refractivity contribution is -0.130. The summed E-state index contributed by atoms with van der Waals surface area (Å²) in [5, 5.41) is 5.42. The number of aliphatic imine (C=N–C) groups is 1. The fourth-order valence-electron chi connectivity index (χ4n) is 3.32.